The molecule has 0 saturated carbocycles. The molecule has 0 fully saturated rings. The van der Waals surface area contributed by atoms with E-state index in [9.17, 15) is 5.11 Å². The molecule has 0 aliphatic heterocycles. The number of hydrogen-bond acceptors (Lipinski definition) is 1. The van der Waals surface area contributed by atoms with E-state index in [1.54, 1.807) is 6.07 Å². The second-order valence-corrected chi connectivity index (χ2v) is 2.08. The molecular weight excluding hydrogens is 124 g/mol. The Bertz CT molecular complexity index is 339. The van der Waals surface area contributed by atoms with Gasteiger partial charge >= 0.3 is 0 Å². The van der Waals surface area contributed by atoms with Crippen molar-refractivity contribution in [2.24, 2.45) is 0 Å². The summed E-state index contributed by atoms with van der Waals surface area (Å²) in [5.74, 6) is 0. The Labute approximate surface area is 69.8 Å². The maximum absolute atomic E-state index is 10.0. The fourth-order valence-electron chi connectivity index (χ4n) is 0.679. The Morgan fingerprint density at radius 1 is 1.30 bits per heavy atom. The molecule has 1 rings (SSSR count). The topological polar surface area (TPSA) is 20.2 Å². The van der Waals surface area contributed by atoms with Crippen LogP contribution < -0.4 is 0 Å². The van der Waals surface area contributed by atoms with Gasteiger partial charge in [0.05, 0.1) is 5.60 Å². The van der Waals surface area contributed by atoms with Crippen molar-refractivity contribution in [1.29, 1.82) is 0 Å². The van der Waals surface area contributed by atoms with Crippen LogP contribution in [0.4, 0.5) is 0 Å². The van der Waals surface area contributed by atoms with E-state index >= 15 is 0 Å². The fraction of sp³-hybridized carbons (Fsp3) is 0.333. The molecule has 10 heavy (non-hydrogen) atoms. The minimum Gasteiger partial charge on any atom is -0.386 e. The molecule has 0 aliphatic rings. The molecule has 1 aromatic rings. The van der Waals surface area contributed by atoms with Gasteiger partial charge in [0.2, 0.25) is 0 Å². The molecule has 1 N–H and O–H groups in total. The van der Waals surface area contributed by atoms with Crippen LogP contribution in [0.2, 0.25) is 0 Å². The van der Waals surface area contributed by atoms with E-state index in [1.807, 2.05) is 0 Å². The highest BCUT2D eigenvalue weighted by molar-refractivity contribution is 5.20. The summed E-state index contributed by atoms with van der Waals surface area (Å²) in [5.41, 5.74) is -2.96. The summed E-state index contributed by atoms with van der Waals surface area (Å²) < 4.78 is 43.2. The summed E-state index contributed by atoms with van der Waals surface area (Å²) in [6, 6.07) is 7.16. The first-order chi connectivity index (χ1) is 7.11. The Hall–Kier alpha value is -0.820. The van der Waals surface area contributed by atoms with Crippen LogP contribution in [0.1, 0.15) is 27.5 Å². The molecule has 1 aromatic carbocycles. The van der Waals surface area contributed by atoms with Crippen LogP contribution in [-0.2, 0) is 5.60 Å². The van der Waals surface area contributed by atoms with Crippen molar-refractivity contribution in [2.75, 3.05) is 0 Å². The molecule has 54 valence electrons. The van der Waals surface area contributed by atoms with E-state index < -0.39 is 19.3 Å². The van der Waals surface area contributed by atoms with Crippen molar-refractivity contribution >= 4 is 0 Å². The second-order valence-electron chi connectivity index (χ2n) is 2.08. The molecule has 0 spiro atoms. The lowest BCUT2D eigenvalue weighted by atomic mass is 9.99. The summed E-state index contributed by atoms with van der Waals surface area (Å²) in [4.78, 5) is 0. The molecule has 0 heterocycles. The van der Waals surface area contributed by atoms with Crippen LogP contribution in [0.15, 0.2) is 30.3 Å². The van der Waals surface area contributed by atoms with Gasteiger partial charge in [-0.1, -0.05) is 30.3 Å². The highest BCUT2D eigenvalue weighted by atomic mass is 16.3. The van der Waals surface area contributed by atoms with Crippen LogP contribution in [0, 0.1) is 0 Å². The van der Waals surface area contributed by atoms with E-state index in [-0.39, 0.29) is 5.56 Å². The van der Waals surface area contributed by atoms with E-state index in [0.29, 0.717) is 0 Å². The lowest BCUT2D eigenvalue weighted by molar-refractivity contribution is 0.0786. The average molecular weight is 142 g/mol. The minimum absolute atomic E-state index is 0.130. The highest BCUT2D eigenvalue weighted by Gasteiger charge is 2.13. The van der Waals surface area contributed by atoms with Gasteiger partial charge < -0.3 is 5.11 Å². The van der Waals surface area contributed by atoms with Crippen LogP contribution in [0.5, 0.6) is 0 Å². The number of hydrogen-bond donors (Lipinski definition) is 1. The monoisotopic (exact) mass is 142 g/mol. The van der Waals surface area contributed by atoms with Crippen LogP contribution >= 0.6 is 0 Å². The lowest BCUT2D eigenvalue weighted by Gasteiger charge is -2.16. The molecule has 0 saturated heterocycles. The number of rotatable bonds is 1. The maximum Gasteiger partial charge on any atom is 0.0840 e. The van der Waals surface area contributed by atoms with Crippen molar-refractivity contribution in [2.45, 2.75) is 19.3 Å². The first-order valence-electron chi connectivity index (χ1n) is 5.88. The van der Waals surface area contributed by atoms with Crippen LogP contribution in [0.25, 0.3) is 0 Å². The first kappa shape index (κ1) is 2.67. The summed E-state index contributed by atoms with van der Waals surface area (Å²) in [5, 5.41) is 10.0. The molecule has 0 amide bonds. The van der Waals surface area contributed by atoms with Gasteiger partial charge in [-0.15, -0.1) is 0 Å². The smallest absolute Gasteiger partial charge is 0.0840 e. The summed E-state index contributed by atoms with van der Waals surface area (Å²) in [6.45, 7) is -6.03. The van der Waals surface area contributed by atoms with Gasteiger partial charge in [0, 0.05) is 8.22 Å². The summed E-state index contributed by atoms with van der Waals surface area (Å²) in [6.07, 6.45) is 0. The van der Waals surface area contributed by atoms with Crippen molar-refractivity contribution in [3.63, 3.8) is 0 Å². The third-order valence-corrected chi connectivity index (χ3v) is 1.19. The minimum atomic E-state index is -3.01. The SMILES string of the molecule is [2H]C([2H])([2H])C(O)(c1ccccc1)C([2H])([2H])[2H]. The van der Waals surface area contributed by atoms with Crippen molar-refractivity contribution in [1.82, 2.24) is 0 Å². The molecule has 0 bridgehead atoms. The molecule has 0 aliphatic carbocycles. The zero-order chi connectivity index (χ0) is 12.6. The molecule has 0 radical (unpaired) electrons. The Kier molecular flexibility index (Phi) is 0.647. The van der Waals surface area contributed by atoms with Crippen molar-refractivity contribution in [3.8, 4) is 0 Å². The zero-order valence-electron chi connectivity index (χ0n) is 11.3. The van der Waals surface area contributed by atoms with Crippen molar-refractivity contribution in [3.05, 3.63) is 35.9 Å². The van der Waals surface area contributed by atoms with Crippen LogP contribution in [-0.4, -0.2) is 5.11 Å². The molecule has 0 atom stereocenters. The highest BCUT2D eigenvalue weighted by Crippen LogP contribution is 2.17. The zero-order valence-corrected chi connectivity index (χ0v) is 5.33. The summed E-state index contributed by atoms with van der Waals surface area (Å²) >= 11 is 0. The van der Waals surface area contributed by atoms with E-state index in [0.717, 1.165) is 0 Å². The second kappa shape index (κ2) is 2.43. The van der Waals surface area contributed by atoms with E-state index in [4.69, 9.17) is 8.22 Å². The predicted octanol–water partition coefficient (Wildman–Crippen LogP) is 1.91. The lowest BCUT2D eigenvalue weighted by Crippen LogP contribution is -2.14. The van der Waals surface area contributed by atoms with Crippen LogP contribution in [0.3, 0.4) is 0 Å². The van der Waals surface area contributed by atoms with Gasteiger partial charge in [-0.3, -0.25) is 0 Å². The number of aliphatic hydroxyl groups is 1. The molecule has 0 unspecified atom stereocenters. The average Bonchev–Trinajstić information content (AvgIpc) is 2.14. The van der Waals surface area contributed by atoms with E-state index in [1.165, 1.54) is 24.3 Å². The molecular formula is C9H12O. The van der Waals surface area contributed by atoms with Gasteiger partial charge in [0.15, 0.2) is 0 Å². The fourth-order valence-corrected chi connectivity index (χ4v) is 0.679. The predicted molar refractivity (Wildman–Crippen MR) is 41.7 cm³/mol. The molecule has 0 aromatic heterocycles. The van der Waals surface area contributed by atoms with Crippen molar-refractivity contribution < 1.29 is 13.3 Å². The Balaban J connectivity index is 3.39. The largest absolute Gasteiger partial charge is 0.386 e. The van der Waals surface area contributed by atoms with Gasteiger partial charge in [0.1, 0.15) is 0 Å². The Morgan fingerprint density at radius 2 is 1.90 bits per heavy atom. The van der Waals surface area contributed by atoms with Gasteiger partial charge in [0.25, 0.3) is 0 Å². The van der Waals surface area contributed by atoms with Gasteiger partial charge in [-0.25, -0.2) is 0 Å². The van der Waals surface area contributed by atoms with Gasteiger partial charge in [-0.2, -0.15) is 0 Å². The normalized spacial score (nSPS) is 22.9. The van der Waals surface area contributed by atoms with Gasteiger partial charge in [-0.05, 0) is 19.3 Å². The van der Waals surface area contributed by atoms with E-state index in [2.05, 4.69) is 0 Å². The Morgan fingerprint density at radius 3 is 2.40 bits per heavy atom. The number of benzene rings is 1. The molecule has 1 nitrogen and oxygen atoms in total. The molecule has 1 heteroatoms. The third-order valence-electron chi connectivity index (χ3n) is 1.19. The maximum atomic E-state index is 10.0. The first-order valence-corrected chi connectivity index (χ1v) is 2.88. The summed E-state index contributed by atoms with van der Waals surface area (Å²) in [7, 11) is 0. The quantitative estimate of drug-likeness (QED) is 0.635. The standard InChI is InChI=1S/C9H12O/c1-9(2,10)8-6-4-3-5-7-8/h3-7,10H,1-2H3/i1D3,2D3. The third kappa shape index (κ3) is 1.58.